The number of rotatable bonds is 7. The minimum atomic E-state index is 0.682. The van der Waals surface area contributed by atoms with E-state index >= 15 is 0 Å². The summed E-state index contributed by atoms with van der Waals surface area (Å²) in [5.74, 6) is 1.55. The zero-order chi connectivity index (χ0) is 15.2. The Morgan fingerprint density at radius 1 is 1.33 bits per heavy atom. The van der Waals surface area contributed by atoms with Crippen LogP contribution >= 0.6 is 34.7 Å². The molecule has 0 saturated heterocycles. The molecule has 0 amide bonds. The summed E-state index contributed by atoms with van der Waals surface area (Å²) in [6, 6.07) is 3.79. The van der Waals surface area contributed by atoms with Crippen LogP contribution in [0.2, 0.25) is 5.02 Å². The summed E-state index contributed by atoms with van der Waals surface area (Å²) in [6.45, 7) is 3.03. The van der Waals surface area contributed by atoms with E-state index in [1.54, 1.807) is 23.1 Å². The van der Waals surface area contributed by atoms with E-state index in [2.05, 4.69) is 27.4 Å². The molecule has 0 unspecified atom stereocenters. The Morgan fingerprint density at radius 2 is 2.14 bits per heavy atom. The highest BCUT2D eigenvalue weighted by molar-refractivity contribution is 8.00. The highest BCUT2D eigenvalue weighted by Gasteiger charge is 2.09. The number of hydrogen-bond acceptors (Lipinski definition) is 7. The third kappa shape index (κ3) is 4.72. The Labute approximate surface area is 138 Å². The van der Waals surface area contributed by atoms with Crippen LogP contribution in [0.15, 0.2) is 16.5 Å². The Balaban J connectivity index is 2.01. The lowest BCUT2D eigenvalue weighted by molar-refractivity contribution is 0.963. The number of thioether (sulfide) groups is 1. The van der Waals surface area contributed by atoms with Gasteiger partial charge in [0.05, 0.1) is 10.7 Å². The molecule has 0 bridgehead atoms. The van der Waals surface area contributed by atoms with Crippen molar-refractivity contribution in [3.8, 4) is 0 Å². The average molecular weight is 344 g/mol. The molecule has 21 heavy (non-hydrogen) atoms. The van der Waals surface area contributed by atoms with Crippen LogP contribution in [0.1, 0.15) is 19.0 Å². The number of pyridine rings is 1. The lowest BCUT2D eigenvalue weighted by Gasteiger charge is -2.07. The first-order valence-corrected chi connectivity index (χ1v) is 8.81. The summed E-state index contributed by atoms with van der Waals surface area (Å²) in [5.41, 5.74) is 0.865. The predicted octanol–water partition coefficient (Wildman–Crippen LogP) is 3.77. The normalized spacial score (nSPS) is 10.7. The van der Waals surface area contributed by atoms with Crippen molar-refractivity contribution in [2.75, 3.05) is 30.9 Å². The van der Waals surface area contributed by atoms with Crippen molar-refractivity contribution in [2.24, 2.45) is 0 Å². The summed E-state index contributed by atoms with van der Waals surface area (Å²) in [6.07, 6.45) is 1.06. The van der Waals surface area contributed by atoms with E-state index in [-0.39, 0.29) is 0 Å². The SMILES string of the molecule is CCCNc1ccc(Cl)c(CSc2nnc(N(C)C)s2)n1. The van der Waals surface area contributed by atoms with Gasteiger partial charge in [0.1, 0.15) is 5.82 Å². The van der Waals surface area contributed by atoms with Gasteiger partial charge in [-0.25, -0.2) is 4.98 Å². The first-order chi connectivity index (χ1) is 10.1. The van der Waals surface area contributed by atoms with E-state index in [4.69, 9.17) is 11.6 Å². The Morgan fingerprint density at radius 3 is 2.81 bits per heavy atom. The molecule has 0 saturated carbocycles. The molecule has 2 aromatic heterocycles. The molecular weight excluding hydrogens is 326 g/mol. The molecule has 2 rings (SSSR count). The lowest BCUT2D eigenvalue weighted by Crippen LogP contribution is -2.07. The number of nitrogens with zero attached hydrogens (tertiary/aromatic N) is 4. The van der Waals surface area contributed by atoms with Crippen LogP contribution in [0, 0.1) is 0 Å². The highest BCUT2D eigenvalue weighted by atomic mass is 35.5. The maximum atomic E-state index is 6.21. The van der Waals surface area contributed by atoms with Gasteiger partial charge >= 0.3 is 0 Å². The molecule has 0 spiro atoms. The molecular formula is C13H18ClN5S2. The van der Waals surface area contributed by atoms with E-state index in [9.17, 15) is 0 Å². The van der Waals surface area contributed by atoms with Crippen LogP contribution in [-0.2, 0) is 5.75 Å². The fourth-order valence-corrected chi connectivity index (χ4v) is 3.48. The number of nitrogens with one attached hydrogen (secondary N) is 1. The molecule has 2 heterocycles. The minimum Gasteiger partial charge on any atom is -0.370 e. The topological polar surface area (TPSA) is 53.9 Å². The second-order valence-electron chi connectivity index (χ2n) is 4.59. The summed E-state index contributed by atoms with van der Waals surface area (Å²) >= 11 is 9.37. The van der Waals surface area contributed by atoms with Crippen molar-refractivity contribution >= 4 is 45.6 Å². The van der Waals surface area contributed by atoms with E-state index in [0.29, 0.717) is 10.8 Å². The Kier molecular flexibility index (Phi) is 6.08. The summed E-state index contributed by atoms with van der Waals surface area (Å²) in [4.78, 5) is 6.50. The molecule has 0 radical (unpaired) electrons. The maximum absolute atomic E-state index is 6.21. The smallest absolute Gasteiger partial charge is 0.208 e. The Bertz CT molecular complexity index is 588. The van der Waals surface area contributed by atoms with Gasteiger partial charge in [-0.1, -0.05) is 41.6 Å². The molecule has 0 aromatic carbocycles. The fraction of sp³-hybridized carbons (Fsp3) is 0.462. The van der Waals surface area contributed by atoms with Crippen LogP contribution in [0.25, 0.3) is 0 Å². The summed E-state index contributed by atoms with van der Waals surface area (Å²) < 4.78 is 0.920. The van der Waals surface area contributed by atoms with Crippen LogP contribution in [0.5, 0.6) is 0 Å². The van der Waals surface area contributed by atoms with Crippen molar-refractivity contribution in [2.45, 2.75) is 23.4 Å². The van der Waals surface area contributed by atoms with Gasteiger partial charge < -0.3 is 10.2 Å². The van der Waals surface area contributed by atoms with Gasteiger partial charge in [0.25, 0.3) is 0 Å². The molecule has 0 atom stereocenters. The molecule has 114 valence electrons. The number of halogens is 1. The van der Waals surface area contributed by atoms with E-state index in [1.165, 1.54) is 0 Å². The number of aromatic nitrogens is 3. The van der Waals surface area contributed by atoms with Crippen LogP contribution in [0.3, 0.4) is 0 Å². The van der Waals surface area contributed by atoms with Crippen molar-refractivity contribution < 1.29 is 0 Å². The first kappa shape index (κ1) is 16.3. The van der Waals surface area contributed by atoms with Gasteiger partial charge in [0.15, 0.2) is 4.34 Å². The number of anilines is 2. The number of hydrogen-bond donors (Lipinski definition) is 1. The molecule has 0 fully saturated rings. The summed E-state index contributed by atoms with van der Waals surface area (Å²) in [5, 5.41) is 13.1. The molecule has 0 aliphatic carbocycles. The predicted molar refractivity (Wildman–Crippen MR) is 91.8 cm³/mol. The lowest BCUT2D eigenvalue weighted by atomic mass is 10.3. The molecule has 5 nitrogen and oxygen atoms in total. The molecule has 8 heteroatoms. The molecule has 2 aromatic rings. The monoisotopic (exact) mass is 343 g/mol. The molecule has 0 aliphatic heterocycles. The Hall–Kier alpha value is -1.05. The highest BCUT2D eigenvalue weighted by Crippen LogP contribution is 2.31. The van der Waals surface area contributed by atoms with Gasteiger partial charge in [-0.05, 0) is 18.6 Å². The van der Waals surface area contributed by atoms with E-state index < -0.39 is 0 Å². The maximum Gasteiger partial charge on any atom is 0.208 e. The quantitative estimate of drug-likeness (QED) is 0.772. The van der Waals surface area contributed by atoms with Crippen molar-refractivity contribution in [1.29, 1.82) is 0 Å². The fourth-order valence-electron chi connectivity index (χ4n) is 1.51. The third-order valence-corrected chi connectivity index (χ3v) is 5.17. The zero-order valence-corrected chi connectivity index (χ0v) is 14.6. The van der Waals surface area contributed by atoms with Gasteiger partial charge in [-0.15, -0.1) is 10.2 Å². The van der Waals surface area contributed by atoms with Crippen LogP contribution in [0.4, 0.5) is 10.9 Å². The van der Waals surface area contributed by atoms with Gasteiger partial charge in [-0.2, -0.15) is 0 Å². The zero-order valence-electron chi connectivity index (χ0n) is 12.3. The first-order valence-electron chi connectivity index (χ1n) is 6.63. The van der Waals surface area contributed by atoms with Crippen molar-refractivity contribution in [1.82, 2.24) is 15.2 Å². The van der Waals surface area contributed by atoms with Crippen molar-refractivity contribution in [3.05, 3.63) is 22.8 Å². The van der Waals surface area contributed by atoms with Gasteiger partial charge in [0, 0.05) is 26.4 Å². The second-order valence-corrected chi connectivity index (χ2v) is 7.17. The minimum absolute atomic E-state index is 0.682. The standard InChI is InChI=1S/C13H18ClN5S2/c1-4-7-15-11-6-5-9(14)10(16-11)8-20-13-18-17-12(21-13)19(2)3/h5-6H,4,7-8H2,1-3H3,(H,15,16). The van der Waals surface area contributed by atoms with Crippen LogP contribution in [-0.4, -0.2) is 35.8 Å². The largest absolute Gasteiger partial charge is 0.370 e. The second kappa shape index (κ2) is 7.82. The van der Waals surface area contributed by atoms with E-state index in [1.807, 2.05) is 31.1 Å². The summed E-state index contributed by atoms with van der Waals surface area (Å²) in [7, 11) is 3.91. The van der Waals surface area contributed by atoms with Crippen molar-refractivity contribution in [3.63, 3.8) is 0 Å². The van der Waals surface area contributed by atoms with E-state index in [0.717, 1.165) is 33.9 Å². The average Bonchev–Trinajstić information content (AvgIpc) is 2.94. The van der Waals surface area contributed by atoms with Crippen LogP contribution < -0.4 is 10.2 Å². The third-order valence-electron chi connectivity index (χ3n) is 2.59. The van der Waals surface area contributed by atoms with Gasteiger partial charge in [0.2, 0.25) is 5.13 Å². The van der Waals surface area contributed by atoms with Gasteiger partial charge in [-0.3, -0.25) is 0 Å². The molecule has 1 N–H and O–H groups in total. The molecule has 0 aliphatic rings.